The maximum absolute atomic E-state index is 6.07. The van der Waals surface area contributed by atoms with Crippen molar-refractivity contribution in [3.8, 4) is 23.1 Å². The molecule has 4 rings (SSSR count). The largest absolute Gasteiger partial charge is 0.486 e. The van der Waals surface area contributed by atoms with Crippen LogP contribution in [0.15, 0.2) is 51.6 Å². The van der Waals surface area contributed by atoms with Crippen molar-refractivity contribution in [1.82, 2.24) is 15.0 Å². The van der Waals surface area contributed by atoms with Crippen LogP contribution >= 0.6 is 0 Å². The fourth-order valence-electron chi connectivity index (χ4n) is 2.87. The number of para-hydroxylation sites is 2. The van der Waals surface area contributed by atoms with Crippen LogP contribution in [0.1, 0.15) is 19.7 Å². The van der Waals surface area contributed by atoms with E-state index in [9.17, 15) is 0 Å². The number of furan rings is 1. The van der Waals surface area contributed by atoms with Crippen LogP contribution in [0, 0.1) is 0 Å². The Labute approximate surface area is 151 Å². The molecule has 0 saturated carbocycles. The van der Waals surface area contributed by atoms with E-state index < -0.39 is 0 Å². The van der Waals surface area contributed by atoms with Crippen molar-refractivity contribution in [3.05, 3.63) is 48.6 Å². The Hall–Kier alpha value is -2.80. The first kappa shape index (κ1) is 16.7. The molecule has 26 heavy (non-hydrogen) atoms. The van der Waals surface area contributed by atoms with Gasteiger partial charge < -0.3 is 18.4 Å². The van der Waals surface area contributed by atoms with Crippen LogP contribution < -0.4 is 9.47 Å². The summed E-state index contributed by atoms with van der Waals surface area (Å²) >= 11 is 0. The van der Waals surface area contributed by atoms with E-state index in [4.69, 9.17) is 18.4 Å². The second kappa shape index (κ2) is 7.21. The lowest BCUT2D eigenvalue weighted by molar-refractivity contribution is 0.0432. The summed E-state index contributed by atoms with van der Waals surface area (Å²) in [6.45, 7) is 6.00. The molecule has 0 amide bonds. The summed E-state index contributed by atoms with van der Waals surface area (Å²) in [5.74, 6) is 3.17. The van der Waals surface area contributed by atoms with Crippen molar-refractivity contribution in [2.45, 2.75) is 32.5 Å². The van der Waals surface area contributed by atoms with Gasteiger partial charge in [0.25, 0.3) is 0 Å². The minimum absolute atomic E-state index is 0.0558. The molecule has 1 aliphatic rings. The Morgan fingerprint density at radius 2 is 2.00 bits per heavy atom. The molecule has 1 aromatic carbocycles. The number of ether oxygens (including phenoxy) is 2. The smallest absolute Gasteiger partial charge is 0.241 e. The number of rotatable bonds is 6. The summed E-state index contributed by atoms with van der Waals surface area (Å²) in [6, 6.07) is 11.6. The summed E-state index contributed by atoms with van der Waals surface area (Å²) in [5.41, 5.74) is 0. The van der Waals surface area contributed by atoms with Crippen LogP contribution in [0.4, 0.5) is 0 Å². The lowest BCUT2D eigenvalue weighted by atomic mass is 10.2. The number of nitrogens with zero attached hydrogens (tertiary/aromatic N) is 3. The lowest BCUT2D eigenvalue weighted by Crippen LogP contribution is -2.43. The fourth-order valence-corrected chi connectivity index (χ4v) is 2.87. The number of aromatic nitrogens is 2. The number of hydrogen-bond donors (Lipinski definition) is 0. The van der Waals surface area contributed by atoms with Gasteiger partial charge in [-0.25, -0.2) is 0 Å². The average molecular weight is 355 g/mol. The van der Waals surface area contributed by atoms with Gasteiger partial charge in [0.1, 0.15) is 12.7 Å². The van der Waals surface area contributed by atoms with Crippen LogP contribution in [0.5, 0.6) is 11.5 Å². The molecule has 7 nitrogen and oxygen atoms in total. The van der Waals surface area contributed by atoms with E-state index in [1.54, 1.807) is 18.4 Å². The standard InChI is InChI=1S/C19H21N3O4/c1-13(2)22(10-14-12-24-15-6-3-4-7-16(15)25-14)11-18-20-19(21-26-18)17-8-5-9-23-17/h3-9,13-14H,10-12H2,1-2H3. The molecule has 3 aromatic rings. The third kappa shape index (κ3) is 3.57. The van der Waals surface area contributed by atoms with Crippen LogP contribution in [-0.4, -0.2) is 40.3 Å². The predicted molar refractivity (Wildman–Crippen MR) is 93.9 cm³/mol. The summed E-state index contributed by atoms with van der Waals surface area (Å²) < 4.78 is 22.6. The Balaban J connectivity index is 1.42. The van der Waals surface area contributed by atoms with Crippen LogP contribution in [0.3, 0.4) is 0 Å². The number of benzene rings is 1. The van der Waals surface area contributed by atoms with Gasteiger partial charge in [-0.2, -0.15) is 4.98 Å². The van der Waals surface area contributed by atoms with Crippen LogP contribution in [-0.2, 0) is 6.54 Å². The van der Waals surface area contributed by atoms with Crippen molar-refractivity contribution < 1.29 is 18.4 Å². The van der Waals surface area contributed by atoms with Gasteiger partial charge in [0.15, 0.2) is 17.3 Å². The molecule has 2 aromatic heterocycles. The first-order chi connectivity index (χ1) is 12.7. The molecule has 0 aliphatic carbocycles. The van der Waals surface area contributed by atoms with Gasteiger partial charge in [0, 0.05) is 12.6 Å². The first-order valence-electron chi connectivity index (χ1n) is 8.68. The summed E-state index contributed by atoms with van der Waals surface area (Å²) in [5, 5.41) is 3.99. The summed E-state index contributed by atoms with van der Waals surface area (Å²) in [4.78, 5) is 6.64. The van der Waals surface area contributed by atoms with E-state index in [1.807, 2.05) is 24.3 Å². The average Bonchev–Trinajstić information content (AvgIpc) is 3.32. The van der Waals surface area contributed by atoms with Crippen molar-refractivity contribution >= 4 is 0 Å². The second-order valence-corrected chi connectivity index (χ2v) is 6.51. The Morgan fingerprint density at radius 3 is 2.77 bits per heavy atom. The van der Waals surface area contributed by atoms with E-state index in [1.165, 1.54) is 0 Å². The molecule has 3 heterocycles. The van der Waals surface area contributed by atoms with Gasteiger partial charge >= 0.3 is 0 Å². The van der Waals surface area contributed by atoms with Gasteiger partial charge in [-0.3, -0.25) is 4.90 Å². The quantitative estimate of drug-likeness (QED) is 0.671. The van der Waals surface area contributed by atoms with Crippen LogP contribution in [0.25, 0.3) is 11.6 Å². The van der Waals surface area contributed by atoms with Gasteiger partial charge in [0.05, 0.1) is 12.8 Å². The zero-order valence-corrected chi connectivity index (χ0v) is 14.8. The van der Waals surface area contributed by atoms with Crippen LogP contribution in [0.2, 0.25) is 0 Å². The van der Waals surface area contributed by atoms with Gasteiger partial charge in [-0.1, -0.05) is 17.3 Å². The molecular formula is C19H21N3O4. The second-order valence-electron chi connectivity index (χ2n) is 6.51. The fraction of sp³-hybridized carbons (Fsp3) is 0.368. The highest BCUT2D eigenvalue weighted by Gasteiger charge is 2.25. The Morgan fingerprint density at radius 1 is 1.15 bits per heavy atom. The minimum atomic E-state index is -0.0558. The molecular weight excluding hydrogens is 334 g/mol. The van der Waals surface area contributed by atoms with E-state index in [-0.39, 0.29) is 12.1 Å². The molecule has 0 N–H and O–H groups in total. The third-order valence-corrected chi connectivity index (χ3v) is 4.28. The van der Waals surface area contributed by atoms with Gasteiger partial charge in [-0.05, 0) is 38.1 Å². The van der Waals surface area contributed by atoms with Crippen molar-refractivity contribution in [3.63, 3.8) is 0 Å². The molecule has 0 bridgehead atoms. The summed E-state index contributed by atoms with van der Waals surface area (Å²) in [7, 11) is 0. The molecule has 0 fully saturated rings. The third-order valence-electron chi connectivity index (χ3n) is 4.28. The van der Waals surface area contributed by atoms with Gasteiger partial charge in [-0.15, -0.1) is 0 Å². The highest BCUT2D eigenvalue weighted by molar-refractivity contribution is 5.44. The van der Waals surface area contributed by atoms with E-state index >= 15 is 0 Å². The highest BCUT2D eigenvalue weighted by Crippen LogP contribution is 2.31. The SMILES string of the molecule is CC(C)N(Cc1nc(-c2ccco2)no1)CC1COc2ccccc2O1. The molecule has 136 valence electrons. The maximum Gasteiger partial charge on any atom is 0.241 e. The first-order valence-corrected chi connectivity index (χ1v) is 8.68. The summed E-state index contributed by atoms with van der Waals surface area (Å²) in [6.07, 6.45) is 1.53. The zero-order valence-electron chi connectivity index (χ0n) is 14.8. The zero-order chi connectivity index (χ0) is 17.9. The molecule has 1 unspecified atom stereocenters. The van der Waals surface area contributed by atoms with Crippen molar-refractivity contribution in [2.75, 3.05) is 13.2 Å². The normalized spacial score (nSPS) is 16.4. The molecule has 0 saturated heterocycles. The predicted octanol–water partition coefficient (Wildman–Crippen LogP) is 3.38. The van der Waals surface area contributed by atoms with E-state index in [0.717, 1.165) is 11.5 Å². The van der Waals surface area contributed by atoms with E-state index in [2.05, 4.69) is 28.9 Å². The molecule has 1 atom stereocenters. The Kier molecular flexibility index (Phi) is 4.62. The topological polar surface area (TPSA) is 73.8 Å². The number of fused-ring (bicyclic) bond motifs is 1. The van der Waals surface area contributed by atoms with Crippen molar-refractivity contribution in [1.29, 1.82) is 0 Å². The Bertz CT molecular complexity index is 844. The van der Waals surface area contributed by atoms with Crippen molar-refractivity contribution in [2.24, 2.45) is 0 Å². The molecule has 1 aliphatic heterocycles. The monoisotopic (exact) mass is 355 g/mol. The minimum Gasteiger partial charge on any atom is -0.486 e. The molecule has 7 heteroatoms. The molecule has 0 radical (unpaired) electrons. The molecule has 0 spiro atoms. The lowest BCUT2D eigenvalue weighted by Gasteiger charge is -2.32. The number of hydrogen-bond acceptors (Lipinski definition) is 7. The van der Waals surface area contributed by atoms with Gasteiger partial charge in [0.2, 0.25) is 11.7 Å². The highest BCUT2D eigenvalue weighted by atomic mass is 16.6. The van der Waals surface area contributed by atoms with E-state index in [0.29, 0.717) is 37.2 Å². The maximum atomic E-state index is 6.07.